The first kappa shape index (κ1) is 10.1. The van der Waals surface area contributed by atoms with Crippen LogP contribution in [0.1, 0.15) is 12.5 Å². The van der Waals surface area contributed by atoms with Gasteiger partial charge in [-0.3, -0.25) is 0 Å². The maximum atomic E-state index is 13.2. The first-order valence-electron chi connectivity index (χ1n) is 3.84. The van der Waals surface area contributed by atoms with Crippen LogP contribution in [0, 0.1) is 5.82 Å². The quantitative estimate of drug-likeness (QED) is 0.758. The summed E-state index contributed by atoms with van der Waals surface area (Å²) < 4.78 is 38.7. The average molecular weight is 189 g/mol. The van der Waals surface area contributed by atoms with Crippen molar-refractivity contribution >= 4 is 0 Å². The van der Waals surface area contributed by atoms with Crippen molar-refractivity contribution in [1.29, 1.82) is 0 Å². The minimum Gasteiger partial charge on any atom is -0.323 e. The molecule has 0 aliphatic carbocycles. The van der Waals surface area contributed by atoms with Crippen molar-refractivity contribution in [2.24, 2.45) is 5.73 Å². The van der Waals surface area contributed by atoms with Crippen LogP contribution in [-0.4, -0.2) is 6.04 Å². The summed E-state index contributed by atoms with van der Waals surface area (Å²) in [7, 11) is 0. The minimum atomic E-state index is -3.10. The molecule has 72 valence electrons. The van der Waals surface area contributed by atoms with Gasteiger partial charge in [-0.1, -0.05) is 12.1 Å². The molecular weight excluding hydrogens is 179 g/mol. The van der Waals surface area contributed by atoms with Gasteiger partial charge >= 0.3 is 0 Å². The zero-order valence-corrected chi connectivity index (χ0v) is 7.10. The van der Waals surface area contributed by atoms with Gasteiger partial charge in [-0.15, -0.1) is 0 Å². The first-order chi connectivity index (χ1) is 5.94. The van der Waals surface area contributed by atoms with E-state index >= 15 is 0 Å². The van der Waals surface area contributed by atoms with E-state index in [2.05, 4.69) is 0 Å². The van der Waals surface area contributed by atoms with E-state index in [-0.39, 0.29) is 5.56 Å². The molecule has 1 aromatic carbocycles. The molecule has 0 spiro atoms. The Morgan fingerprint density at radius 3 is 2.08 bits per heavy atom. The molecule has 0 saturated heterocycles. The van der Waals surface area contributed by atoms with Gasteiger partial charge in [-0.25, -0.2) is 4.39 Å². The fourth-order valence-corrected chi connectivity index (χ4v) is 0.935. The van der Waals surface area contributed by atoms with Crippen LogP contribution < -0.4 is 5.73 Å². The maximum Gasteiger partial charge on any atom is 0.287 e. The van der Waals surface area contributed by atoms with Crippen LogP contribution >= 0.6 is 0 Å². The number of hydrogen-bond donors (Lipinski definition) is 1. The molecule has 0 fully saturated rings. The Labute approximate surface area is 74.4 Å². The van der Waals surface area contributed by atoms with Crippen LogP contribution in [0.25, 0.3) is 0 Å². The van der Waals surface area contributed by atoms with E-state index in [0.717, 1.165) is 24.3 Å². The lowest BCUT2D eigenvalue weighted by Gasteiger charge is -2.20. The summed E-state index contributed by atoms with van der Waals surface area (Å²) in [5, 5.41) is 0. The van der Waals surface area contributed by atoms with Crippen molar-refractivity contribution in [3.63, 3.8) is 0 Å². The molecule has 0 radical (unpaired) electrons. The van der Waals surface area contributed by atoms with E-state index in [9.17, 15) is 13.2 Å². The second-order valence-electron chi connectivity index (χ2n) is 2.92. The molecule has 0 saturated carbocycles. The first-order valence-corrected chi connectivity index (χ1v) is 3.84. The molecule has 1 nitrogen and oxygen atoms in total. The fraction of sp³-hybridized carbons (Fsp3) is 0.333. The normalized spacial score (nSPS) is 14.2. The van der Waals surface area contributed by atoms with Crippen molar-refractivity contribution in [2.75, 3.05) is 0 Å². The Morgan fingerprint density at radius 2 is 1.69 bits per heavy atom. The van der Waals surface area contributed by atoms with Crippen LogP contribution in [0.2, 0.25) is 0 Å². The third kappa shape index (κ3) is 2.01. The largest absolute Gasteiger partial charge is 0.323 e. The monoisotopic (exact) mass is 189 g/mol. The summed E-state index contributed by atoms with van der Waals surface area (Å²) in [5.41, 5.74) is 4.84. The van der Waals surface area contributed by atoms with Gasteiger partial charge in [0, 0.05) is 5.56 Å². The highest BCUT2D eigenvalue weighted by Crippen LogP contribution is 2.30. The zero-order valence-electron chi connectivity index (χ0n) is 7.10. The molecule has 0 aliphatic heterocycles. The second kappa shape index (κ2) is 3.38. The summed E-state index contributed by atoms with van der Waals surface area (Å²) in [6.45, 7) is 1.21. The summed E-state index contributed by atoms with van der Waals surface area (Å²) in [6, 6.07) is 2.78. The molecule has 0 aromatic heterocycles. The Morgan fingerprint density at radius 1 is 1.23 bits per heavy atom. The van der Waals surface area contributed by atoms with Gasteiger partial charge in [0.05, 0.1) is 6.04 Å². The van der Waals surface area contributed by atoms with Crippen LogP contribution in [0.3, 0.4) is 0 Å². The van der Waals surface area contributed by atoms with Gasteiger partial charge < -0.3 is 5.73 Å². The fourth-order valence-electron chi connectivity index (χ4n) is 0.935. The summed E-state index contributed by atoms with van der Waals surface area (Å²) in [6.07, 6.45) is 0. The van der Waals surface area contributed by atoms with Crippen molar-refractivity contribution in [2.45, 2.75) is 18.9 Å². The van der Waals surface area contributed by atoms with Gasteiger partial charge in [0.15, 0.2) is 0 Å². The molecule has 2 N–H and O–H groups in total. The Kier molecular flexibility index (Phi) is 2.61. The Bertz CT molecular complexity index is 279. The molecule has 0 amide bonds. The van der Waals surface area contributed by atoms with Crippen molar-refractivity contribution in [3.8, 4) is 0 Å². The van der Waals surface area contributed by atoms with Crippen LogP contribution in [0.15, 0.2) is 24.3 Å². The third-order valence-corrected chi connectivity index (χ3v) is 1.80. The summed E-state index contributed by atoms with van der Waals surface area (Å²) >= 11 is 0. The highest BCUT2D eigenvalue weighted by molar-refractivity contribution is 5.22. The molecule has 13 heavy (non-hydrogen) atoms. The predicted octanol–water partition coefficient (Wildman–Crippen LogP) is 2.26. The van der Waals surface area contributed by atoms with E-state index in [1.54, 1.807) is 0 Å². The van der Waals surface area contributed by atoms with E-state index in [1.165, 1.54) is 6.92 Å². The topological polar surface area (TPSA) is 26.0 Å². The zero-order chi connectivity index (χ0) is 10.1. The van der Waals surface area contributed by atoms with Crippen LogP contribution in [0.5, 0.6) is 0 Å². The second-order valence-corrected chi connectivity index (χ2v) is 2.92. The molecular formula is C9H10F3N. The lowest BCUT2D eigenvalue weighted by Crippen LogP contribution is -2.35. The van der Waals surface area contributed by atoms with Gasteiger partial charge in [-0.2, -0.15) is 8.78 Å². The molecule has 0 aliphatic rings. The number of nitrogens with two attached hydrogens (primary N) is 1. The van der Waals surface area contributed by atoms with Crippen molar-refractivity contribution < 1.29 is 13.2 Å². The van der Waals surface area contributed by atoms with E-state index in [1.807, 2.05) is 0 Å². The third-order valence-electron chi connectivity index (χ3n) is 1.80. The lowest BCUT2D eigenvalue weighted by molar-refractivity contribution is -0.0257. The van der Waals surface area contributed by atoms with Gasteiger partial charge in [0.25, 0.3) is 5.92 Å². The molecule has 0 heterocycles. The number of rotatable bonds is 2. The molecule has 1 atom stereocenters. The lowest BCUT2D eigenvalue weighted by atomic mass is 10.0. The standard InChI is InChI=1S/C9H10F3N/c1-6(13)9(11,12)7-2-4-8(10)5-3-7/h2-6H,13H2,1H3. The molecule has 4 heteroatoms. The number of alkyl halides is 2. The smallest absolute Gasteiger partial charge is 0.287 e. The molecule has 1 aromatic rings. The van der Waals surface area contributed by atoms with Crippen LogP contribution in [-0.2, 0) is 5.92 Å². The SMILES string of the molecule is CC(N)C(F)(F)c1ccc(F)cc1. The highest BCUT2D eigenvalue weighted by atomic mass is 19.3. The van der Waals surface area contributed by atoms with Crippen LogP contribution in [0.4, 0.5) is 13.2 Å². The molecule has 1 rings (SSSR count). The van der Waals surface area contributed by atoms with E-state index < -0.39 is 17.8 Å². The summed E-state index contributed by atoms with van der Waals surface area (Å²) in [5.74, 6) is -3.64. The Hall–Kier alpha value is -1.03. The van der Waals surface area contributed by atoms with Crippen molar-refractivity contribution in [3.05, 3.63) is 35.6 Å². The predicted molar refractivity (Wildman–Crippen MR) is 43.9 cm³/mol. The Balaban J connectivity index is 3.01. The van der Waals surface area contributed by atoms with E-state index in [4.69, 9.17) is 5.73 Å². The number of halogens is 3. The highest BCUT2D eigenvalue weighted by Gasteiger charge is 2.35. The van der Waals surface area contributed by atoms with Gasteiger partial charge in [0.1, 0.15) is 5.82 Å². The minimum absolute atomic E-state index is 0.260. The number of hydrogen-bond acceptors (Lipinski definition) is 1. The van der Waals surface area contributed by atoms with E-state index in [0.29, 0.717) is 0 Å². The van der Waals surface area contributed by atoms with Gasteiger partial charge in [-0.05, 0) is 19.1 Å². The van der Waals surface area contributed by atoms with Crippen molar-refractivity contribution in [1.82, 2.24) is 0 Å². The average Bonchev–Trinajstić information content (AvgIpc) is 2.04. The maximum absolute atomic E-state index is 13.2. The van der Waals surface area contributed by atoms with Gasteiger partial charge in [0.2, 0.25) is 0 Å². The summed E-state index contributed by atoms with van der Waals surface area (Å²) in [4.78, 5) is 0. The molecule has 1 unspecified atom stereocenters. The molecule has 0 bridgehead atoms. The number of benzene rings is 1.